The Bertz CT molecular complexity index is 412. The molecule has 0 aliphatic heterocycles. The van der Waals surface area contributed by atoms with Gasteiger partial charge in [-0.15, -0.1) is 11.6 Å². The fourth-order valence-electron chi connectivity index (χ4n) is 1.62. The number of aliphatic hydroxyl groups is 2. The molecule has 0 aliphatic carbocycles. The number of anilines is 1. The van der Waals surface area contributed by atoms with Gasteiger partial charge in [-0.2, -0.15) is 13.2 Å². The minimum absolute atomic E-state index is 0.0202. The molecule has 0 amide bonds. The van der Waals surface area contributed by atoms with Crippen molar-refractivity contribution in [1.82, 2.24) is 0 Å². The zero-order chi connectivity index (χ0) is 13.9. The van der Waals surface area contributed by atoms with E-state index in [1.165, 1.54) is 6.07 Å². The second-order valence-electron chi connectivity index (χ2n) is 3.80. The van der Waals surface area contributed by atoms with Crippen LogP contribution in [0.3, 0.4) is 0 Å². The highest BCUT2D eigenvalue weighted by Crippen LogP contribution is 2.38. The number of benzene rings is 1. The Morgan fingerprint density at radius 3 is 2.39 bits per heavy atom. The van der Waals surface area contributed by atoms with Gasteiger partial charge in [-0.1, -0.05) is 6.07 Å². The molecule has 0 spiro atoms. The van der Waals surface area contributed by atoms with E-state index in [0.717, 1.165) is 12.1 Å². The van der Waals surface area contributed by atoms with E-state index in [1.807, 2.05) is 0 Å². The average Bonchev–Trinajstić information content (AvgIpc) is 2.27. The van der Waals surface area contributed by atoms with Crippen molar-refractivity contribution in [3.8, 4) is 0 Å². The van der Waals surface area contributed by atoms with Gasteiger partial charge in [0.25, 0.3) is 0 Å². The number of halogens is 4. The van der Waals surface area contributed by atoms with E-state index in [9.17, 15) is 23.4 Å². The molecule has 2 atom stereocenters. The first-order chi connectivity index (χ1) is 8.29. The van der Waals surface area contributed by atoms with Gasteiger partial charge in [0.05, 0.1) is 11.7 Å². The molecule has 3 nitrogen and oxygen atoms in total. The molecule has 0 bridgehead atoms. The summed E-state index contributed by atoms with van der Waals surface area (Å²) in [5, 5.41) is 19.3. The van der Waals surface area contributed by atoms with Gasteiger partial charge in [-0.3, -0.25) is 0 Å². The van der Waals surface area contributed by atoms with Crippen LogP contribution in [0.5, 0.6) is 0 Å². The van der Waals surface area contributed by atoms with Crippen LogP contribution in [0, 0.1) is 0 Å². The number of aliphatic hydroxyl groups excluding tert-OH is 2. The van der Waals surface area contributed by atoms with E-state index >= 15 is 0 Å². The first-order valence-electron chi connectivity index (χ1n) is 5.16. The highest BCUT2D eigenvalue weighted by atomic mass is 35.5. The summed E-state index contributed by atoms with van der Waals surface area (Å²) >= 11 is 5.37. The third kappa shape index (κ3) is 3.28. The lowest BCUT2D eigenvalue weighted by atomic mass is 9.95. The van der Waals surface area contributed by atoms with Gasteiger partial charge in [-0.25, -0.2) is 0 Å². The minimum Gasteiger partial charge on any atom is -0.398 e. The molecule has 7 heteroatoms. The standard InChI is InChI=1S/C11H13ClF3NO2/c12-5-4-8(17)10(18)9-6(11(13,14)15)2-1-3-7(9)16/h1-3,8,10,17-18H,4-5,16H2. The predicted molar refractivity (Wildman–Crippen MR) is 62.2 cm³/mol. The van der Waals surface area contributed by atoms with Gasteiger partial charge in [0.15, 0.2) is 0 Å². The Hall–Kier alpha value is -0.980. The summed E-state index contributed by atoms with van der Waals surface area (Å²) < 4.78 is 38.3. The van der Waals surface area contributed by atoms with Crippen LogP contribution in [-0.4, -0.2) is 22.2 Å². The molecule has 4 N–H and O–H groups in total. The van der Waals surface area contributed by atoms with Crippen LogP contribution in [0.15, 0.2) is 18.2 Å². The molecule has 0 saturated carbocycles. The topological polar surface area (TPSA) is 66.5 Å². The Balaban J connectivity index is 3.22. The molecular formula is C11H13ClF3NO2. The molecule has 1 aromatic rings. The van der Waals surface area contributed by atoms with Gasteiger partial charge >= 0.3 is 6.18 Å². The van der Waals surface area contributed by atoms with E-state index in [-0.39, 0.29) is 18.0 Å². The maximum absolute atomic E-state index is 12.8. The monoisotopic (exact) mass is 283 g/mol. The Labute approximate surface area is 107 Å². The van der Waals surface area contributed by atoms with Gasteiger partial charge in [0.1, 0.15) is 6.10 Å². The molecule has 0 saturated heterocycles. The van der Waals surface area contributed by atoms with Crippen LogP contribution in [0.4, 0.5) is 18.9 Å². The van der Waals surface area contributed by atoms with E-state index < -0.39 is 29.5 Å². The quantitative estimate of drug-likeness (QED) is 0.587. The van der Waals surface area contributed by atoms with Crippen molar-refractivity contribution in [2.75, 3.05) is 11.6 Å². The maximum atomic E-state index is 12.8. The maximum Gasteiger partial charge on any atom is 0.416 e. The third-order valence-electron chi connectivity index (χ3n) is 2.51. The lowest BCUT2D eigenvalue weighted by molar-refractivity contribution is -0.139. The van der Waals surface area contributed by atoms with E-state index in [2.05, 4.69) is 0 Å². The van der Waals surface area contributed by atoms with Crippen molar-refractivity contribution in [2.24, 2.45) is 0 Å². The predicted octanol–water partition coefficient (Wildman–Crippen LogP) is 2.31. The molecular weight excluding hydrogens is 271 g/mol. The van der Waals surface area contributed by atoms with Gasteiger partial charge in [-0.05, 0) is 18.6 Å². The minimum atomic E-state index is -4.65. The molecule has 0 aromatic heterocycles. The van der Waals surface area contributed by atoms with Crippen LogP contribution in [0.1, 0.15) is 23.7 Å². The van der Waals surface area contributed by atoms with Crippen molar-refractivity contribution >= 4 is 17.3 Å². The molecule has 2 unspecified atom stereocenters. The van der Waals surface area contributed by atoms with E-state index in [4.69, 9.17) is 17.3 Å². The lowest BCUT2D eigenvalue weighted by Crippen LogP contribution is -2.23. The van der Waals surface area contributed by atoms with Crippen molar-refractivity contribution in [3.05, 3.63) is 29.3 Å². The summed E-state index contributed by atoms with van der Waals surface area (Å²) in [6, 6.07) is 3.19. The van der Waals surface area contributed by atoms with Crippen LogP contribution in [-0.2, 0) is 6.18 Å². The van der Waals surface area contributed by atoms with Gasteiger partial charge < -0.3 is 15.9 Å². The normalized spacial score (nSPS) is 15.4. The summed E-state index contributed by atoms with van der Waals surface area (Å²) in [5.74, 6) is 0.0202. The number of hydrogen-bond donors (Lipinski definition) is 3. The first kappa shape index (κ1) is 15.1. The zero-order valence-electron chi connectivity index (χ0n) is 9.28. The zero-order valence-corrected chi connectivity index (χ0v) is 10.0. The fraction of sp³-hybridized carbons (Fsp3) is 0.455. The largest absolute Gasteiger partial charge is 0.416 e. The van der Waals surface area contributed by atoms with Crippen LogP contribution >= 0.6 is 11.6 Å². The highest BCUT2D eigenvalue weighted by molar-refractivity contribution is 6.17. The summed E-state index contributed by atoms with van der Waals surface area (Å²) in [6.45, 7) is 0. The number of nitrogen functional groups attached to an aromatic ring is 1. The fourth-order valence-corrected chi connectivity index (χ4v) is 1.85. The van der Waals surface area contributed by atoms with Crippen molar-refractivity contribution in [1.29, 1.82) is 0 Å². The van der Waals surface area contributed by atoms with Crippen molar-refractivity contribution < 1.29 is 23.4 Å². The van der Waals surface area contributed by atoms with Crippen molar-refractivity contribution in [3.63, 3.8) is 0 Å². The van der Waals surface area contributed by atoms with Crippen LogP contribution in [0.2, 0.25) is 0 Å². The second kappa shape index (κ2) is 5.77. The number of nitrogens with two attached hydrogens (primary N) is 1. The van der Waals surface area contributed by atoms with E-state index in [0.29, 0.717) is 0 Å². The van der Waals surface area contributed by atoms with Gasteiger partial charge in [0.2, 0.25) is 0 Å². The molecule has 0 radical (unpaired) electrons. The molecule has 0 fully saturated rings. The summed E-state index contributed by atoms with van der Waals surface area (Å²) in [6.07, 6.45) is -7.80. The molecule has 0 aliphatic rings. The third-order valence-corrected chi connectivity index (χ3v) is 2.73. The Morgan fingerprint density at radius 2 is 1.89 bits per heavy atom. The highest BCUT2D eigenvalue weighted by Gasteiger charge is 2.37. The smallest absolute Gasteiger partial charge is 0.398 e. The number of rotatable bonds is 4. The van der Waals surface area contributed by atoms with Crippen molar-refractivity contribution in [2.45, 2.75) is 24.8 Å². The first-order valence-corrected chi connectivity index (χ1v) is 5.70. The molecule has 102 valence electrons. The average molecular weight is 284 g/mol. The molecule has 1 rings (SSSR count). The SMILES string of the molecule is Nc1cccc(C(F)(F)F)c1C(O)C(O)CCCl. The summed E-state index contributed by atoms with van der Waals surface area (Å²) in [7, 11) is 0. The van der Waals surface area contributed by atoms with E-state index in [1.54, 1.807) is 0 Å². The number of hydrogen-bond acceptors (Lipinski definition) is 3. The Kier molecular flexibility index (Phi) is 4.84. The van der Waals surface area contributed by atoms with Gasteiger partial charge in [0, 0.05) is 17.1 Å². The number of alkyl halides is 4. The van der Waals surface area contributed by atoms with Crippen LogP contribution in [0.25, 0.3) is 0 Å². The molecule has 0 heterocycles. The van der Waals surface area contributed by atoms with Crippen LogP contribution < -0.4 is 5.73 Å². The lowest BCUT2D eigenvalue weighted by Gasteiger charge is -2.22. The molecule has 18 heavy (non-hydrogen) atoms. The summed E-state index contributed by atoms with van der Waals surface area (Å²) in [5.41, 5.74) is 3.67. The molecule has 1 aromatic carbocycles. The Morgan fingerprint density at radius 1 is 1.28 bits per heavy atom. The summed E-state index contributed by atoms with van der Waals surface area (Å²) in [4.78, 5) is 0. The second-order valence-corrected chi connectivity index (χ2v) is 4.17.